The van der Waals surface area contributed by atoms with Gasteiger partial charge in [-0.15, -0.1) is 0 Å². The number of benzene rings is 3. The number of carbonyl (C=O) groups excluding carboxylic acids is 2. The Hall–Kier alpha value is -5.92. The van der Waals surface area contributed by atoms with Crippen molar-refractivity contribution in [3.8, 4) is 17.6 Å². The summed E-state index contributed by atoms with van der Waals surface area (Å²) in [5.74, 6) is -1.08. The Morgan fingerprint density at radius 3 is 2.43 bits per heavy atom. The summed E-state index contributed by atoms with van der Waals surface area (Å²) >= 11 is 0. The molecule has 4 heterocycles. The molecule has 14 nitrogen and oxygen atoms in total. The number of ether oxygens (including phenoxy) is 2. The van der Waals surface area contributed by atoms with Gasteiger partial charge in [0.1, 0.15) is 23.2 Å². The molecule has 3 amide bonds. The van der Waals surface area contributed by atoms with Crippen LogP contribution < -0.4 is 25.4 Å². The molecule has 0 aliphatic carbocycles. The number of aryl methyl sites for hydroxylation is 2. The number of fused-ring (bicyclic) bond motifs is 2. The SMILES string of the molecule is CC.CCC.COC[C@H](CCCN(C)C1CCN(c2cc3c(cc2F)c(N2CCC(=O)NC2=O)nn3C)CC1)n1cnc2ccc(Oc3c(F)ccc(C)c3C#N)cc2c1=O.[HH].[HH]. The van der Waals surface area contributed by atoms with E-state index in [-0.39, 0.29) is 56.4 Å². The first-order valence-corrected chi connectivity index (χ1v) is 21.0. The number of hydrogen-bond acceptors (Lipinski definition) is 10. The van der Waals surface area contributed by atoms with Crippen molar-refractivity contribution in [2.75, 3.05) is 56.7 Å². The van der Waals surface area contributed by atoms with Gasteiger partial charge in [-0.1, -0.05) is 40.2 Å². The molecule has 3 aromatic carbocycles. The molecule has 0 spiro atoms. The van der Waals surface area contributed by atoms with Gasteiger partial charge in [0, 0.05) is 54.5 Å². The summed E-state index contributed by atoms with van der Waals surface area (Å²) in [7, 11) is 5.42. The van der Waals surface area contributed by atoms with Gasteiger partial charge >= 0.3 is 6.03 Å². The van der Waals surface area contributed by atoms with E-state index in [1.54, 1.807) is 48.5 Å². The maximum Gasteiger partial charge on any atom is 0.329 e. The standard InChI is InChI=1S/C40H43F2N9O5.C3H8.C2H6.2H2/c1-24-7-9-31(41)37(30(24)21-43)56-27-8-10-33-28(18-27)39(53)51(23-44-33)26(22-55-4)6-5-14-47(2)25-11-15-49(16-12-25)35-20-34-29(19-32(35)42)38(46-48(34)3)50-17-13-36(52)45-40(50)54;1-3-2;1-2;;/h7-10,18-20,23,25-26H,5-6,11-17,22H2,1-4H3,(H,45,52,54);3H2,1-2H3;1-2H3;2*1H/t26-;;;;/m0..../s1. The quantitative estimate of drug-likeness (QED) is 0.130. The number of piperidine rings is 1. The fourth-order valence-corrected chi connectivity index (χ4v) is 7.71. The van der Waals surface area contributed by atoms with E-state index in [1.165, 1.54) is 41.9 Å². The van der Waals surface area contributed by atoms with Crippen LogP contribution >= 0.6 is 0 Å². The highest BCUT2D eigenvalue weighted by Gasteiger charge is 2.30. The van der Waals surface area contributed by atoms with E-state index in [0.29, 0.717) is 65.0 Å². The molecule has 7 rings (SSSR count). The first-order chi connectivity index (χ1) is 29.4. The van der Waals surface area contributed by atoms with E-state index in [9.17, 15) is 24.0 Å². The first-order valence-electron chi connectivity index (χ1n) is 21.0. The van der Waals surface area contributed by atoms with Crippen molar-refractivity contribution >= 4 is 45.2 Å². The molecule has 0 bridgehead atoms. The molecule has 2 aliphatic heterocycles. The Balaban J connectivity index is 0.00000145. The lowest BCUT2D eigenvalue weighted by atomic mass is 10.0. The van der Waals surface area contributed by atoms with Gasteiger partial charge < -0.3 is 19.3 Å². The van der Waals surface area contributed by atoms with Gasteiger partial charge in [-0.25, -0.2) is 18.6 Å². The fourth-order valence-electron chi connectivity index (χ4n) is 7.71. The number of nitriles is 1. The van der Waals surface area contributed by atoms with Gasteiger partial charge in [0.15, 0.2) is 17.4 Å². The first kappa shape index (κ1) is 46.2. The molecular formula is C45H61F2N9O5. The monoisotopic (exact) mass is 845 g/mol. The van der Waals surface area contributed by atoms with E-state index >= 15 is 4.39 Å². The van der Waals surface area contributed by atoms with Crippen LogP contribution in [0.25, 0.3) is 21.8 Å². The largest absolute Gasteiger partial charge is 0.453 e. The minimum Gasteiger partial charge on any atom is -0.453 e. The van der Waals surface area contributed by atoms with Gasteiger partial charge in [-0.3, -0.25) is 29.1 Å². The number of methoxy groups -OCH3 is 1. The summed E-state index contributed by atoms with van der Waals surface area (Å²) in [6.07, 6.45) is 6.00. The molecule has 1 N–H and O–H groups in total. The van der Waals surface area contributed by atoms with E-state index in [2.05, 4.69) is 41.2 Å². The highest BCUT2D eigenvalue weighted by molar-refractivity contribution is 6.09. The van der Waals surface area contributed by atoms with Crippen molar-refractivity contribution in [2.45, 2.75) is 85.2 Å². The lowest BCUT2D eigenvalue weighted by Crippen LogP contribution is -2.49. The van der Waals surface area contributed by atoms with Crippen molar-refractivity contribution in [2.24, 2.45) is 7.05 Å². The van der Waals surface area contributed by atoms with Gasteiger partial charge in [-0.2, -0.15) is 10.4 Å². The van der Waals surface area contributed by atoms with Gasteiger partial charge in [0.2, 0.25) is 5.91 Å². The molecule has 2 saturated heterocycles. The second-order valence-electron chi connectivity index (χ2n) is 15.1. The number of amides is 3. The smallest absolute Gasteiger partial charge is 0.329 e. The predicted octanol–water partition coefficient (Wildman–Crippen LogP) is 8.48. The number of halogens is 2. The molecule has 2 aromatic heterocycles. The Bertz CT molecular complexity index is 2450. The van der Waals surface area contributed by atoms with Crippen molar-refractivity contribution in [3.05, 3.63) is 81.9 Å². The number of urea groups is 1. The van der Waals surface area contributed by atoms with Gasteiger partial charge in [0.25, 0.3) is 5.56 Å². The predicted molar refractivity (Wildman–Crippen MR) is 238 cm³/mol. The summed E-state index contributed by atoms with van der Waals surface area (Å²) in [5.41, 5.74) is 2.01. The van der Waals surface area contributed by atoms with E-state index in [4.69, 9.17) is 9.47 Å². The summed E-state index contributed by atoms with van der Waals surface area (Å²) in [4.78, 5) is 48.2. The fraction of sp³-hybridized carbons (Fsp3) is 0.467. The highest BCUT2D eigenvalue weighted by Crippen LogP contribution is 2.35. The number of imide groups is 1. The number of carbonyl (C=O) groups is 2. The molecular weight excluding hydrogens is 785 g/mol. The lowest BCUT2D eigenvalue weighted by Gasteiger charge is -2.38. The molecule has 61 heavy (non-hydrogen) atoms. The van der Waals surface area contributed by atoms with Crippen LogP contribution in [-0.2, 0) is 16.6 Å². The Morgan fingerprint density at radius 1 is 1.03 bits per heavy atom. The number of nitrogens with zero attached hydrogens (tertiary/aromatic N) is 8. The Kier molecular flexibility index (Phi) is 15.9. The van der Waals surface area contributed by atoms with E-state index < -0.39 is 17.7 Å². The average Bonchev–Trinajstić information content (AvgIpc) is 3.56. The van der Waals surface area contributed by atoms with E-state index in [1.807, 2.05) is 24.8 Å². The summed E-state index contributed by atoms with van der Waals surface area (Å²) in [5, 5.41) is 17.2. The molecule has 1 atom stereocenters. The van der Waals surface area contributed by atoms with Crippen LogP contribution in [0, 0.1) is 29.9 Å². The Labute approximate surface area is 358 Å². The zero-order chi connectivity index (χ0) is 44.4. The molecule has 0 saturated carbocycles. The van der Waals surface area contributed by atoms with E-state index in [0.717, 1.165) is 25.8 Å². The third-order valence-corrected chi connectivity index (χ3v) is 10.8. The molecule has 2 aliphatic rings. The van der Waals surface area contributed by atoms with Gasteiger partial charge in [-0.05, 0) is 88.2 Å². The minimum atomic E-state index is -0.676. The van der Waals surface area contributed by atoms with Crippen LogP contribution in [0.4, 0.5) is 25.1 Å². The normalized spacial score (nSPS) is 14.9. The van der Waals surface area contributed by atoms with Crippen LogP contribution in [0.3, 0.4) is 0 Å². The topological polar surface area (TPSA) is 151 Å². The number of rotatable bonds is 12. The van der Waals surface area contributed by atoms with Crippen LogP contribution in [0.2, 0.25) is 0 Å². The van der Waals surface area contributed by atoms with Crippen molar-refractivity contribution in [3.63, 3.8) is 0 Å². The third-order valence-electron chi connectivity index (χ3n) is 10.8. The summed E-state index contributed by atoms with van der Waals surface area (Å²) < 4.78 is 44.9. The van der Waals surface area contributed by atoms with Crippen LogP contribution in [0.15, 0.2) is 53.6 Å². The average molecular weight is 846 g/mol. The molecule has 2 fully saturated rings. The Morgan fingerprint density at radius 2 is 1.75 bits per heavy atom. The second kappa shape index (κ2) is 21.0. The number of anilines is 2. The van der Waals surface area contributed by atoms with Crippen molar-refractivity contribution in [1.29, 1.82) is 5.26 Å². The minimum absolute atomic E-state index is 0. The van der Waals surface area contributed by atoms with Crippen molar-refractivity contribution < 1.29 is 30.7 Å². The lowest BCUT2D eigenvalue weighted by molar-refractivity contribution is -0.120. The molecule has 16 heteroatoms. The molecule has 0 unspecified atom stereocenters. The maximum absolute atomic E-state index is 15.7. The van der Waals surface area contributed by atoms with Gasteiger partial charge in [0.05, 0.1) is 41.1 Å². The zero-order valence-corrected chi connectivity index (χ0v) is 36.4. The number of hydrogen-bond donors (Lipinski definition) is 1. The summed E-state index contributed by atoms with van der Waals surface area (Å²) in [6, 6.07) is 12.1. The van der Waals surface area contributed by atoms with Crippen molar-refractivity contribution in [1.82, 2.24) is 29.5 Å². The third kappa shape index (κ3) is 10.3. The molecule has 0 radical (unpaired) electrons. The second-order valence-corrected chi connectivity index (χ2v) is 15.1. The molecule has 5 aromatic rings. The maximum atomic E-state index is 15.7. The van der Waals surface area contributed by atoms with Crippen LogP contribution in [-0.4, -0.2) is 89.2 Å². The highest BCUT2D eigenvalue weighted by atomic mass is 19.1. The summed E-state index contributed by atoms with van der Waals surface area (Å²) in [6.45, 7) is 12.5. The zero-order valence-electron chi connectivity index (χ0n) is 36.4. The number of nitrogens with one attached hydrogen (secondary N) is 1. The van der Waals surface area contributed by atoms with Crippen LogP contribution in [0.1, 0.15) is 86.2 Å². The number of aromatic nitrogens is 4. The molecule has 330 valence electrons. The van der Waals surface area contributed by atoms with Crippen LogP contribution in [0.5, 0.6) is 11.5 Å².